The molecule has 0 bridgehead atoms. The van der Waals surface area contributed by atoms with Gasteiger partial charge in [0.1, 0.15) is 23.2 Å². The Bertz CT molecular complexity index is 868. The maximum atomic E-state index is 12.6. The van der Waals surface area contributed by atoms with E-state index < -0.39 is 11.9 Å². The van der Waals surface area contributed by atoms with E-state index in [9.17, 15) is 10.1 Å². The Labute approximate surface area is 161 Å². The van der Waals surface area contributed by atoms with Crippen molar-refractivity contribution in [3.63, 3.8) is 0 Å². The highest BCUT2D eigenvalue weighted by atomic mass is 35.5. The van der Waals surface area contributed by atoms with Crippen molar-refractivity contribution in [2.75, 3.05) is 13.4 Å². The molecule has 0 aromatic heterocycles. The average molecular weight is 391 g/mol. The summed E-state index contributed by atoms with van der Waals surface area (Å²) in [5.41, 5.74) is 8.51. The van der Waals surface area contributed by atoms with Crippen LogP contribution in [0.5, 0.6) is 5.75 Å². The van der Waals surface area contributed by atoms with E-state index in [1.54, 1.807) is 13.8 Å². The predicted molar refractivity (Wildman–Crippen MR) is 96.3 cm³/mol. The first-order chi connectivity index (χ1) is 13.0. The Hall–Kier alpha value is -2.69. The quantitative estimate of drug-likeness (QED) is 0.622. The molecule has 0 spiro atoms. The van der Waals surface area contributed by atoms with E-state index in [-0.39, 0.29) is 36.3 Å². The van der Waals surface area contributed by atoms with Gasteiger partial charge in [-0.15, -0.1) is 11.6 Å². The minimum Gasteiger partial charge on any atom is -0.467 e. The van der Waals surface area contributed by atoms with E-state index in [2.05, 4.69) is 6.07 Å². The van der Waals surface area contributed by atoms with Crippen LogP contribution in [-0.4, -0.2) is 19.4 Å². The smallest absolute Gasteiger partial charge is 0.338 e. The molecule has 0 aliphatic carbocycles. The van der Waals surface area contributed by atoms with Gasteiger partial charge >= 0.3 is 5.97 Å². The van der Waals surface area contributed by atoms with E-state index in [0.717, 1.165) is 11.1 Å². The highest BCUT2D eigenvalue weighted by Crippen LogP contribution is 2.42. The van der Waals surface area contributed by atoms with Crippen molar-refractivity contribution in [3.05, 3.63) is 51.6 Å². The Morgan fingerprint density at radius 1 is 1.48 bits per heavy atom. The molecule has 2 N–H and O–H groups in total. The third-order valence-electron chi connectivity index (χ3n) is 4.39. The molecule has 2 aliphatic heterocycles. The summed E-state index contributed by atoms with van der Waals surface area (Å²) < 4.78 is 21.5. The Morgan fingerprint density at radius 3 is 2.93 bits per heavy atom. The van der Waals surface area contributed by atoms with Crippen LogP contribution in [0.2, 0.25) is 0 Å². The number of allylic oxidation sites excluding steroid dienone is 2. The second-order valence-electron chi connectivity index (χ2n) is 6.03. The molecule has 0 radical (unpaired) electrons. The fourth-order valence-corrected chi connectivity index (χ4v) is 3.48. The number of nitriles is 1. The summed E-state index contributed by atoms with van der Waals surface area (Å²) in [7, 11) is 0. The van der Waals surface area contributed by atoms with Crippen molar-refractivity contribution in [1.82, 2.24) is 0 Å². The van der Waals surface area contributed by atoms with Gasteiger partial charge in [0.25, 0.3) is 0 Å². The van der Waals surface area contributed by atoms with Gasteiger partial charge in [-0.3, -0.25) is 0 Å². The number of nitrogens with zero attached hydrogens (tertiary/aromatic N) is 1. The van der Waals surface area contributed by atoms with Crippen LogP contribution in [0.1, 0.15) is 36.5 Å². The molecule has 0 amide bonds. The number of ether oxygens (including phenoxy) is 4. The molecule has 1 aromatic rings. The van der Waals surface area contributed by atoms with Crippen LogP contribution in [0.25, 0.3) is 0 Å². The van der Waals surface area contributed by atoms with Gasteiger partial charge in [-0.2, -0.15) is 5.26 Å². The van der Waals surface area contributed by atoms with Crippen LogP contribution >= 0.6 is 11.6 Å². The summed E-state index contributed by atoms with van der Waals surface area (Å²) in [6.45, 7) is 4.02. The molecule has 2 heterocycles. The molecular weight excluding hydrogens is 372 g/mol. The van der Waals surface area contributed by atoms with Crippen LogP contribution in [0.4, 0.5) is 0 Å². The van der Waals surface area contributed by atoms with Crippen LogP contribution in [0.15, 0.2) is 34.9 Å². The number of fused-ring (bicyclic) bond motifs is 1. The van der Waals surface area contributed by atoms with Gasteiger partial charge in [0, 0.05) is 11.1 Å². The van der Waals surface area contributed by atoms with E-state index in [0.29, 0.717) is 23.7 Å². The van der Waals surface area contributed by atoms with E-state index >= 15 is 0 Å². The summed E-state index contributed by atoms with van der Waals surface area (Å²) in [4.78, 5) is 12.6. The molecule has 3 rings (SSSR count). The molecule has 142 valence electrons. The van der Waals surface area contributed by atoms with Crippen LogP contribution in [-0.2, 0) is 31.5 Å². The van der Waals surface area contributed by atoms with Gasteiger partial charge in [0.05, 0.1) is 30.6 Å². The minimum atomic E-state index is -0.725. The number of carbonyl (C=O) groups excluding carboxylic acids is 1. The van der Waals surface area contributed by atoms with Gasteiger partial charge in [-0.05, 0) is 31.5 Å². The number of nitrogens with two attached hydrogens (primary N) is 1. The minimum absolute atomic E-state index is 0.0364. The van der Waals surface area contributed by atoms with E-state index in [1.807, 2.05) is 12.1 Å². The summed E-state index contributed by atoms with van der Waals surface area (Å²) >= 11 is 6.10. The molecule has 0 saturated heterocycles. The second kappa shape index (κ2) is 7.91. The third kappa shape index (κ3) is 3.46. The van der Waals surface area contributed by atoms with E-state index in [1.165, 1.54) is 0 Å². The highest BCUT2D eigenvalue weighted by molar-refractivity contribution is 6.17. The van der Waals surface area contributed by atoms with Gasteiger partial charge in [0.2, 0.25) is 5.88 Å². The number of carbonyl (C=O) groups is 1. The summed E-state index contributed by atoms with van der Waals surface area (Å²) in [5, 5.41) is 9.66. The van der Waals surface area contributed by atoms with Gasteiger partial charge in [-0.1, -0.05) is 0 Å². The Morgan fingerprint density at radius 2 is 2.26 bits per heavy atom. The number of halogens is 1. The molecule has 1 atom stereocenters. The molecule has 2 aliphatic rings. The lowest BCUT2D eigenvalue weighted by atomic mass is 9.81. The van der Waals surface area contributed by atoms with Gasteiger partial charge in [0.15, 0.2) is 6.79 Å². The summed E-state index contributed by atoms with van der Waals surface area (Å²) in [6, 6.07) is 5.70. The monoisotopic (exact) mass is 390 g/mol. The van der Waals surface area contributed by atoms with Crippen molar-refractivity contribution in [2.24, 2.45) is 5.73 Å². The molecule has 1 unspecified atom stereocenters. The zero-order chi connectivity index (χ0) is 19.6. The Balaban J connectivity index is 2.19. The largest absolute Gasteiger partial charge is 0.467 e. The Kier molecular flexibility index (Phi) is 5.59. The number of rotatable bonds is 4. The third-order valence-corrected chi connectivity index (χ3v) is 4.68. The molecule has 7 nitrogen and oxygen atoms in total. The SMILES string of the molecule is CCOC(=O)C1=C(C)OC(N)=C(C#N)C1c1cc(CCl)c2c(c1)COCO2. The van der Waals surface area contributed by atoms with E-state index in [4.69, 9.17) is 36.3 Å². The van der Waals surface area contributed by atoms with Crippen molar-refractivity contribution >= 4 is 17.6 Å². The standard InChI is InChI=1S/C19H19ClN2O5/c1-3-25-19(23)15-10(2)27-18(22)14(7-21)16(15)11-4-12(6-20)17-13(5-11)8-24-9-26-17/h4-5,16H,3,6,8-9,22H2,1-2H3. The lowest BCUT2D eigenvalue weighted by Gasteiger charge is -2.28. The second-order valence-corrected chi connectivity index (χ2v) is 6.29. The summed E-state index contributed by atoms with van der Waals surface area (Å²) in [5.74, 6) is -0.146. The number of hydrogen-bond donors (Lipinski definition) is 1. The first-order valence-electron chi connectivity index (χ1n) is 8.39. The number of esters is 1. The molecule has 27 heavy (non-hydrogen) atoms. The van der Waals surface area contributed by atoms with Crippen molar-refractivity contribution in [1.29, 1.82) is 5.26 Å². The number of alkyl halides is 1. The topological polar surface area (TPSA) is 104 Å². The average Bonchev–Trinajstić information content (AvgIpc) is 2.66. The highest BCUT2D eigenvalue weighted by Gasteiger charge is 2.37. The van der Waals surface area contributed by atoms with Crippen molar-refractivity contribution in [3.8, 4) is 11.8 Å². The van der Waals surface area contributed by atoms with Gasteiger partial charge < -0.3 is 24.7 Å². The molecule has 1 aromatic carbocycles. The summed E-state index contributed by atoms with van der Waals surface area (Å²) in [6.07, 6.45) is 0. The predicted octanol–water partition coefficient (Wildman–Crippen LogP) is 2.94. The number of benzene rings is 1. The molecular formula is C19H19ClN2O5. The van der Waals surface area contributed by atoms with Crippen molar-refractivity contribution in [2.45, 2.75) is 32.3 Å². The first-order valence-corrected chi connectivity index (χ1v) is 8.92. The maximum Gasteiger partial charge on any atom is 0.338 e. The van der Waals surface area contributed by atoms with Crippen molar-refractivity contribution < 1.29 is 23.7 Å². The number of hydrogen-bond acceptors (Lipinski definition) is 7. The molecule has 0 fully saturated rings. The molecule has 8 heteroatoms. The fourth-order valence-electron chi connectivity index (χ4n) is 3.28. The fraction of sp³-hybridized carbons (Fsp3) is 0.368. The zero-order valence-corrected chi connectivity index (χ0v) is 15.8. The van der Waals surface area contributed by atoms with Crippen LogP contribution in [0, 0.1) is 11.3 Å². The lowest BCUT2D eigenvalue weighted by molar-refractivity contribution is -0.139. The van der Waals surface area contributed by atoms with Crippen LogP contribution in [0.3, 0.4) is 0 Å². The molecule has 0 saturated carbocycles. The van der Waals surface area contributed by atoms with Gasteiger partial charge in [-0.25, -0.2) is 4.79 Å². The van der Waals surface area contributed by atoms with Crippen LogP contribution < -0.4 is 10.5 Å². The maximum absolute atomic E-state index is 12.6. The normalized spacial score (nSPS) is 19.0. The first kappa shape index (κ1) is 19.1. The lowest BCUT2D eigenvalue weighted by Crippen LogP contribution is -2.26. The zero-order valence-electron chi connectivity index (χ0n) is 15.0.